The molecule has 68 valence electrons. The molecule has 3 heteroatoms. The molecule has 1 aromatic rings. The van der Waals surface area contributed by atoms with E-state index < -0.39 is 0 Å². The van der Waals surface area contributed by atoms with Gasteiger partial charge in [0.2, 0.25) is 0 Å². The topological polar surface area (TPSA) is 17.1 Å². The van der Waals surface area contributed by atoms with E-state index in [1.807, 2.05) is 0 Å². The van der Waals surface area contributed by atoms with Crippen LogP contribution in [0, 0.1) is 5.82 Å². The van der Waals surface area contributed by atoms with Gasteiger partial charge in [0, 0.05) is 4.47 Å². The summed E-state index contributed by atoms with van der Waals surface area (Å²) in [6, 6.07) is 4.34. The quantitative estimate of drug-likeness (QED) is 0.575. The maximum atomic E-state index is 12.8. The van der Waals surface area contributed by atoms with Crippen LogP contribution in [-0.2, 0) is 4.79 Å². The predicted molar refractivity (Wildman–Crippen MR) is 53.8 cm³/mol. The van der Waals surface area contributed by atoms with Gasteiger partial charge >= 0.3 is 0 Å². The summed E-state index contributed by atoms with van der Waals surface area (Å²) in [6.07, 6.45) is 2.36. The number of benzene rings is 1. The van der Waals surface area contributed by atoms with Crippen molar-refractivity contribution >= 4 is 28.3 Å². The van der Waals surface area contributed by atoms with Gasteiger partial charge in [-0.15, -0.1) is 0 Å². The summed E-state index contributed by atoms with van der Waals surface area (Å²) in [5.41, 5.74) is 1.23. The molecule has 0 aliphatic rings. The van der Waals surface area contributed by atoms with Crippen LogP contribution in [0.2, 0.25) is 0 Å². The highest BCUT2D eigenvalue weighted by atomic mass is 79.9. The largest absolute Gasteiger partial charge is 0.298 e. The number of carbonyl (C=O) groups excluding carboxylic acids is 1. The average molecular weight is 243 g/mol. The molecule has 13 heavy (non-hydrogen) atoms. The van der Waals surface area contributed by atoms with Crippen molar-refractivity contribution in [2.75, 3.05) is 0 Å². The lowest BCUT2D eigenvalue weighted by Gasteiger charge is -1.98. The lowest BCUT2D eigenvalue weighted by atomic mass is 10.1. The molecule has 0 heterocycles. The van der Waals surface area contributed by atoms with Crippen molar-refractivity contribution in [3.8, 4) is 0 Å². The Morgan fingerprint density at radius 2 is 2.23 bits per heavy atom. The average Bonchev–Trinajstić information content (AvgIpc) is 2.11. The second kappa shape index (κ2) is 4.33. The minimum absolute atomic E-state index is 0.312. The van der Waals surface area contributed by atoms with Crippen LogP contribution < -0.4 is 0 Å². The zero-order valence-electron chi connectivity index (χ0n) is 7.05. The number of hydrogen-bond donors (Lipinski definition) is 0. The monoisotopic (exact) mass is 242 g/mol. The van der Waals surface area contributed by atoms with Crippen LogP contribution in [0.1, 0.15) is 12.5 Å². The second-order valence-electron chi connectivity index (χ2n) is 2.67. The third kappa shape index (κ3) is 2.77. The van der Waals surface area contributed by atoms with E-state index in [-0.39, 0.29) is 5.82 Å². The summed E-state index contributed by atoms with van der Waals surface area (Å²) in [5.74, 6) is -0.312. The molecule has 0 bridgehead atoms. The van der Waals surface area contributed by atoms with E-state index in [1.165, 1.54) is 12.1 Å². The normalized spacial score (nSPS) is 11.5. The minimum Gasteiger partial charge on any atom is -0.298 e. The van der Waals surface area contributed by atoms with E-state index in [0.717, 1.165) is 10.8 Å². The van der Waals surface area contributed by atoms with E-state index in [9.17, 15) is 9.18 Å². The molecule has 0 atom stereocenters. The summed E-state index contributed by atoms with van der Waals surface area (Å²) in [4.78, 5) is 10.3. The molecule has 0 spiro atoms. The van der Waals surface area contributed by atoms with Gasteiger partial charge in [0.05, 0.1) is 0 Å². The summed E-state index contributed by atoms with van der Waals surface area (Å²) in [7, 11) is 0. The van der Waals surface area contributed by atoms with Crippen LogP contribution in [0.5, 0.6) is 0 Å². The van der Waals surface area contributed by atoms with Crippen molar-refractivity contribution < 1.29 is 9.18 Å². The van der Waals surface area contributed by atoms with Crippen molar-refractivity contribution in [2.45, 2.75) is 6.92 Å². The van der Waals surface area contributed by atoms with Gasteiger partial charge < -0.3 is 0 Å². The third-order valence-electron chi connectivity index (χ3n) is 1.53. The SMILES string of the molecule is C/C(C=O)=C/c1cc(F)ccc1Br. The summed E-state index contributed by atoms with van der Waals surface area (Å²) >= 11 is 3.26. The van der Waals surface area contributed by atoms with Crippen LogP contribution in [0.25, 0.3) is 6.08 Å². The number of allylic oxidation sites excluding steroid dienone is 1. The number of rotatable bonds is 2. The van der Waals surface area contributed by atoms with E-state index in [4.69, 9.17) is 0 Å². The van der Waals surface area contributed by atoms with Crippen molar-refractivity contribution in [3.05, 3.63) is 39.6 Å². The lowest BCUT2D eigenvalue weighted by molar-refractivity contribution is -0.104. The van der Waals surface area contributed by atoms with E-state index in [1.54, 1.807) is 19.1 Å². The van der Waals surface area contributed by atoms with E-state index >= 15 is 0 Å². The van der Waals surface area contributed by atoms with Gasteiger partial charge in [-0.25, -0.2) is 4.39 Å². The summed E-state index contributed by atoms with van der Waals surface area (Å²) < 4.78 is 13.5. The van der Waals surface area contributed by atoms with Crippen LogP contribution in [0.4, 0.5) is 4.39 Å². The highest BCUT2D eigenvalue weighted by Gasteiger charge is 1.98. The smallest absolute Gasteiger partial charge is 0.145 e. The highest BCUT2D eigenvalue weighted by Crippen LogP contribution is 2.20. The fourth-order valence-electron chi connectivity index (χ4n) is 0.905. The molecule has 0 N–H and O–H groups in total. The number of hydrogen-bond acceptors (Lipinski definition) is 1. The third-order valence-corrected chi connectivity index (χ3v) is 2.25. The van der Waals surface area contributed by atoms with Crippen molar-refractivity contribution in [3.63, 3.8) is 0 Å². The van der Waals surface area contributed by atoms with Crippen LogP contribution in [-0.4, -0.2) is 6.29 Å². The van der Waals surface area contributed by atoms with Crippen molar-refractivity contribution in [2.24, 2.45) is 0 Å². The Morgan fingerprint density at radius 1 is 1.54 bits per heavy atom. The van der Waals surface area contributed by atoms with Gasteiger partial charge in [-0.2, -0.15) is 0 Å². The first-order valence-electron chi connectivity index (χ1n) is 3.72. The molecule has 1 nitrogen and oxygen atoms in total. The van der Waals surface area contributed by atoms with Crippen LogP contribution in [0.3, 0.4) is 0 Å². The van der Waals surface area contributed by atoms with Gasteiger partial charge in [-0.1, -0.05) is 15.9 Å². The van der Waals surface area contributed by atoms with Crippen molar-refractivity contribution in [1.29, 1.82) is 0 Å². The van der Waals surface area contributed by atoms with Crippen LogP contribution >= 0.6 is 15.9 Å². The first-order valence-corrected chi connectivity index (χ1v) is 4.51. The zero-order valence-corrected chi connectivity index (χ0v) is 8.64. The van der Waals surface area contributed by atoms with Gasteiger partial charge in [0.15, 0.2) is 0 Å². The molecule has 0 aromatic heterocycles. The Bertz CT molecular complexity index is 358. The molecule has 0 saturated carbocycles. The molecule has 0 saturated heterocycles. The summed E-state index contributed by atoms with van der Waals surface area (Å²) in [5, 5.41) is 0. The fourth-order valence-corrected chi connectivity index (χ4v) is 1.27. The molecular formula is C10H8BrFO. The number of carbonyl (C=O) groups is 1. The molecule has 0 aliphatic heterocycles. The Labute approximate surface area is 84.4 Å². The maximum absolute atomic E-state index is 12.8. The van der Waals surface area contributed by atoms with Gasteiger partial charge in [0.1, 0.15) is 12.1 Å². The molecule has 0 unspecified atom stereocenters. The number of halogens is 2. The Morgan fingerprint density at radius 3 is 2.85 bits per heavy atom. The zero-order chi connectivity index (χ0) is 9.84. The van der Waals surface area contributed by atoms with Crippen molar-refractivity contribution in [1.82, 2.24) is 0 Å². The Hall–Kier alpha value is -0.960. The van der Waals surface area contributed by atoms with Gasteiger partial charge in [0.25, 0.3) is 0 Å². The lowest BCUT2D eigenvalue weighted by Crippen LogP contribution is -1.82. The molecular weight excluding hydrogens is 235 g/mol. The predicted octanol–water partition coefficient (Wildman–Crippen LogP) is 3.19. The standard InChI is InChI=1S/C10H8BrFO/c1-7(6-13)4-8-5-9(12)2-3-10(8)11/h2-6H,1H3/b7-4-. The molecule has 1 aromatic carbocycles. The molecule has 0 fully saturated rings. The summed E-state index contributed by atoms with van der Waals surface area (Å²) in [6.45, 7) is 1.67. The molecule has 0 aliphatic carbocycles. The first kappa shape index (κ1) is 10.1. The Kier molecular flexibility index (Phi) is 3.37. The first-order chi connectivity index (χ1) is 6.13. The fraction of sp³-hybridized carbons (Fsp3) is 0.100. The minimum atomic E-state index is -0.312. The molecule has 0 radical (unpaired) electrons. The molecule has 1 rings (SSSR count). The van der Waals surface area contributed by atoms with E-state index in [0.29, 0.717) is 11.1 Å². The maximum Gasteiger partial charge on any atom is 0.145 e. The van der Waals surface area contributed by atoms with Crippen LogP contribution in [0.15, 0.2) is 28.2 Å². The van der Waals surface area contributed by atoms with Gasteiger partial charge in [-0.05, 0) is 42.3 Å². The molecule has 0 amide bonds. The highest BCUT2D eigenvalue weighted by molar-refractivity contribution is 9.10. The van der Waals surface area contributed by atoms with E-state index in [2.05, 4.69) is 15.9 Å². The number of aldehydes is 1. The Balaban J connectivity index is 3.13. The second-order valence-corrected chi connectivity index (χ2v) is 3.53. The van der Waals surface area contributed by atoms with Gasteiger partial charge in [-0.3, -0.25) is 4.79 Å².